The minimum Gasteiger partial charge on any atom is -0.234 e. The Bertz CT molecular complexity index is 989. The number of nitrogens with zero attached hydrogens (tertiary/aromatic N) is 2. The highest BCUT2D eigenvalue weighted by Crippen LogP contribution is 2.22. The molecule has 3 aromatic rings. The largest absolute Gasteiger partial charge is 0.261 e. The molecule has 2 aromatic carbocycles. The van der Waals surface area contributed by atoms with E-state index in [0.29, 0.717) is 5.92 Å². The molecular weight excluding hydrogens is 460 g/mol. The number of unbranched alkanes of at least 4 members (excludes halogenated alkanes) is 11. The van der Waals surface area contributed by atoms with E-state index in [1.165, 1.54) is 106 Å². The highest BCUT2D eigenvalue weighted by atomic mass is 15.2. The Labute approximate surface area is 234 Å². The van der Waals surface area contributed by atoms with Gasteiger partial charge in [0.2, 0.25) is 0 Å². The van der Waals surface area contributed by atoms with Gasteiger partial charge in [-0.05, 0) is 36.3 Å². The Morgan fingerprint density at radius 1 is 0.658 bits per heavy atom. The fraction of sp³-hybridized carbons (Fsp3) is 0.583. The molecule has 2 nitrogen and oxygen atoms in total. The lowest BCUT2D eigenvalue weighted by Crippen LogP contribution is -2.37. The first kappa shape index (κ1) is 30.2. The SMILES string of the molecule is CCCCCCCCCCCCC[n+]1cc(CC(C)c2ccccc2)n(CCCC)c1Cc1ccccc1. The molecule has 0 radical (unpaired) electrons. The molecule has 0 fully saturated rings. The van der Waals surface area contributed by atoms with E-state index in [1.54, 1.807) is 0 Å². The van der Waals surface area contributed by atoms with Gasteiger partial charge in [0, 0.05) is 6.42 Å². The smallest absolute Gasteiger partial charge is 0.234 e. The van der Waals surface area contributed by atoms with Gasteiger partial charge in [0.15, 0.2) is 0 Å². The lowest BCUT2D eigenvalue weighted by Gasteiger charge is -2.11. The van der Waals surface area contributed by atoms with Crippen molar-refractivity contribution in [1.82, 2.24) is 4.57 Å². The van der Waals surface area contributed by atoms with E-state index in [1.807, 2.05) is 0 Å². The third kappa shape index (κ3) is 10.4. The lowest BCUT2D eigenvalue weighted by molar-refractivity contribution is -0.704. The molecule has 0 aliphatic heterocycles. The van der Waals surface area contributed by atoms with Gasteiger partial charge in [0.25, 0.3) is 5.82 Å². The highest BCUT2D eigenvalue weighted by Gasteiger charge is 2.24. The van der Waals surface area contributed by atoms with E-state index in [9.17, 15) is 0 Å². The first-order chi connectivity index (χ1) is 18.7. The predicted octanol–water partition coefficient (Wildman–Crippen LogP) is 9.82. The van der Waals surface area contributed by atoms with Gasteiger partial charge in [-0.25, -0.2) is 9.13 Å². The number of benzene rings is 2. The molecule has 0 aliphatic rings. The van der Waals surface area contributed by atoms with Crippen LogP contribution in [-0.4, -0.2) is 4.57 Å². The number of aryl methyl sites for hydroxylation is 1. The van der Waals surface area contributed by atoms with Crippen molar-refractivity contribution >= 4 is 0 Å². The normalized spacial score (nSPS) is 12.2. The maximum Gasteiger partial charge on any atom is 0.261 e. The van der Waals surface area contributed by atoms with Crippen molar-refractivity contribution in [2.45, 2.75) is 136 Å². The van der Waals surface area contributed by atoms with Gasteiger partial charge in [-0.15, -0.1) is 0 Å². The second-order valence-corrected chi connectivity index (χ2v) is 11.4. The maximum absolute atomic E-state index is 2.68. The van der Waals surface area contributed by atoms with Gasteiger partial charge in [0.1, 0.15) is 11.9 Å². The van der Waals surface area contributed by atoms with Crippen molar-refractivity contribution in [1.29, 1.82) is 0 Å². The summed E-state index contributed by atoms with van der Waals surface area (Å²) in [6.07, 6.45) is 22.5. The van der Waals surface area contributed by atoms with Crippen molar-refractivity contribution in [3.8, 4) is 0 Å². The summed E-state index contributed by atoms with van der Waals surface area (Å²) >= 11 is 0. The van der Waals surface area contributed by atoms with E-state index in [2.05, 4.69) is 96.8 Å². The van der Waals surface area contributed by atoms with Crippen LogP contribution in [0.15, 0.2) is 66.9 Å². The Hall–Kier alpha value is -2.35. The minimum atomic E-state index is 0.520. The average Bonchev–Trinajstić information content (AvgIpc) is 3.26. The zero-order valence-electron chi connectivity index (χ0n) is 24.8. The van der Waals surface area contributed by atoms with Crippen LogP contribution in [-0.2, 0) is 25.9 Å². The first-order valence-corrected chi connectivity index (χ1v) is 15.9. The van der Waals surface area contributed by atoms with Crippen LogP contribution in [0.2, 0.25) is 0 Å². The number of rotatable bonds is 20. The monoisotopic (exact) mass is 515 g/mol. The van der Waals surface area contributed by atoms with E-state index < -0.39 is 0 Å². The van der Waals surface area contributed by atoms with Crippen LogP contribution in [0.5, 0.6) is 0 Å². The molecule has 0 amide bonds. The van der Waals surface area contributed by atoms with Crippen molar-refractivity contribution in [3.63, 3.8) is 0 Å². The van der Waals surface area contributed by atoms with Gasteiger partial charge >= 0.3 is 0 Å². The fourth-order valence-electron chi connectivity index (χ4n) is 5.73. The predicted molar refractivity (Wildman–Crippen MR) is 164 cm³/mol. The molecule has 1 atom stereocenters. The highest BCUT2D eigenvalue weighted by molar-refractivity contribution is 5.22. The van der Waals surface area contributed by atoms with E-state index >= 15 is 0 Å². The summed E-state index contributed by atoms with van der Waals surface area (Å²) in [6.45, 7) is 9.27. The van der Waals surface area contributed by atoms with E-state index in [4.69, 9.17) is 0 Å². The second kappa shape index (κ2) is 18.0. The number of aromatic nitrogens is 2. The topological polar surface area (TPSA) is 8.81 Å². The summed E-state index contributed by atoms with van der Waals surface area (Å²) in [6, 6.07) is 22.1. The molecule has 208 valence electrons. The summed E-state index contributed by atoms with van der Waals surface area (Å²) in [5, 5.41) is 0. The third-order valence-corrected chi connectivity index (χ3v) is 8.12. The van der Waals surface area contributed by atoms with Crippen molar-refractivity contribution < 1.29 is 4.57 Å². The van der Waals surface area contributed by atoms with Crippen LogP contribution in [0.1, 0.15) is 133 Å². The summed E-state index contributed by atoms with van der Waals surface area (Å²) in [5.74, 6) is 2.01. The molecule has 1 heterocycles. The number of hydrogen-bond acceptors (Lipinski definition) is 0. The Morgan fingerprint density at radius 2 is 1.21 bits per heavy atom. The standard InChI is InChI=1S/C36H55N2/c1-4-6-8-9-10-11-12-13-14-15-22-27-37-31-35(29-32(3)34-25-20-17-21-26-34)38(28-7-5-2)36(37)30-33-23-18-16-19-24-33/h16-21,23-26,31-32H,4-15,22,27-30H2,1-3H3/q+1. The summed E-state index contributed by atoms with van der Waals surface area (Å²) in [5.41, 5.74) is 4.36. The molecule has 0 saturated carbocycles. The molecule has 0 N–H and O–H groups in total. The summed E-state index contributed by atoms with van der Waals surface area (Å²) in [4.78, 5) is 0. The van der Waals surface area contributed by atoms with Crippen LogP contribution in [0.3, 0.4) is 0 Å². The molecule has 3 rings (SSSR count). The third-order valence-electron chi connectivity index (χ3n) is 8.12. The van der Waals surface area contributed by atoms with Crippen LogP contribution in [0.4, 0.5) is 0 Å². The fourth-order valence-corrected chi connectivity index (χ4v) is 5.73. The molecule has 0 spiro atoms. The molecule has 0 bridgehead atoms. The van der Waals surface area contributed by atoms with E-state index in [0.717, 1.165) is 25.9 Å². The molecule has 0 saturated heterocycles. The molecule has 0 aliphatic carbocycles. The van der Waals surface area contributed by atoms with Crippen LogP contribution in [0, 0.1) is 0 Å². The summed E-state index contributed by atoms with van der Waals surface area (Å²) < 4.78 is 5.29. The van der Waals surface area contributed by atoms with Crippen LogP contribution < -0.4 is 4.57 Å². The van der Waals surface area contributed by atoms with E-state index in [-0.39, 0.29) is 0 Å². The zero-order valence-corrected chi connectivity index (χ0v) is 24.8. The first-order valence-electron chi connectivity index (χ1n) is 15.9. The van der Waals surface area contributed by atoms with Crippen molar-refractivity contribution in [2.75, 3.05) is 0 Å². The maximum atomic E-state index is 2.68. The zero-order chi connectivity index (χ0) is 26.8. The quantitative estimate of drug-likeness (QED) is 0.105. The lowest BCUT2D eigenvalue weighted by atomic mass is 9.96. The Morgan fingerprint density at radius 3 is 1.82 bits per heavy atom. The Kier molecular flexibility index (Phi) is 14.3. The van der Waals surface area contributed by atoms with Crippen LogP contribution in [0.25, 0.3) is 0 Å². The Balaban J connectivity index is 1.64. The van der Waals surface area contributed by atoms with Gasteiger partial charge in [-0.2, -0.15) is 0 Å². The number of hydrogen-bond donors (Lipinski definition) is 0. The number of imidazole rings is 1. The molecule has 1 unspecified atom stereocenters. The van der Waals surface area contributed by atoms with Crippen LogP contribution >= 0.6 is 0 Å². The van der Waals surface area contributed by atoms with Crippen molar-refractivity contribution in [3.05, 3.63) is 89.5 Å². The molecule has 1 aromatic heterocycles. The average molecular weight is 516 g/mol. The van der Waals surface area contributed by atoms with Crippen molar-refractivity contribution in [2.24, 2.45) is 0 Å². The summed E-state index contributed by atoms with van der Waals surface area (Å²) in [7, 11) is 0. The molecular formula is C36H55N2+. The van der Waals surface area contributed by atoms with Gasteiger partial charge in [-0.3, -0.25) is 0 Å². The van der Waals surface area contributed by atoms with Gasteiger partial charge < -0.3 is 0 Å². The molecule has 38 heavy (non-hydrogen) atoms. The minimum absolute atomic E-state index is 0.520. The second-order valence-electron chi connectivity index (χ2n) is 11.4. The van der Waals surface area contributed by atoms with Gasteiger partial charge in [0.05, 0.1) is 19.5 Å². The van der Waals surface area contributed by atoms with Gasteiger partial charge in [-0.1, -0.05) is 146 Å². The molecule has 2 heteroatoms.